The van der Waals surface area contributed by atoms with Crippen LogP contribution in [0.2, 0.25) is 0 Å². The molecule has 0 aliphatic carbocycles. The topological polar surface area (TPSA) is 33.5 Å². The molecule has 0 amide bonds. The van der Waals surface area contributed by atoms with Crippen LogP contribution in [0.15, 0.2) is 37.9 Å². The predicted molar refractivity (Wildman–Crippen MR) is 86.0 cm³/mol. The fourth-order valence-corrected chi connectivity index (χ4v) is 2.65. The lowest BCUT2D eigenvalue weighted by Gasteiger charge is -2.20. The third-order valence-corrected chi connectivity index (χ3v) is 3.95. The second-order valence-electron chi connectivity index (χ2n) is 4.95. The summed E-state index contributed by atoms with van der Waals surface area (Å²) in [5.74, 6) is 0. The summed E-state index contributed by atoms with van der Waals surface area (Å²) in [7, 11) is 0. The van der Waals surface area contributed by atoms with Crippen LogP contribution in [0.4, 0.5) is 0 Å². The largest absolute Gasteiger partial charge is 0.423 e. The molecule has 108 valence electrons. The van der Waals surface area contributed by atoms with Crippen LogP contribution in [-0.4, -0.2) is 18.0 Å². The molecule has 1 aromatic carbocycles. The highest BCUT2D eigenvalue weighted by Gasteiger charge is 2.09. The number of hydrogen-bond donors (Lipinski definition) is 0. The van der Waals surface area contributed by atoms with Crippen LogP contribution in [0, 0.1) is 0 Å². The lowest BCUT2D eigenvalue weighted by atomic mass is 10.1. The minimum absolute atomic E-state index is 0.280. The lowest BCUT2D eigenvalue weighted by molar-refractivity contribution is 0.276. The van der Waals surface area contributed by atoms with Crippen LogP contribution < -0.4 is 5.63 Å². The highest BCUT2D eigenvalue weighted by Crippen LogP contribution is 2.22. The van der Waals surface area contributed by atoms with Crippen LogP contribution in [-0.2, 0) is 6.54 Å². The number of unbranched alkanes of at least 4 members (excludes halogenated alkanes) is 1. The van der Waals surface area contributed by atoms with Crippen LogP contribution in [0.3, 0.4) is 0 Å². The Kier molecular flexibility index (Phi) is 5.38. The van der Waals surface area contributed by atoms with Gasteiger partial charge in [0.05, 0.1) is 0 Å². The maximum atomic E-state index is 11.7. The molecule has 0 N–H and O–H groups in total. The number of nitrogens with zero attached hydrogens (tertiary/aromatic N) is 1. The standard InChI is InChI=1S/C16H20BrNO2/c1-3-5-8-18(4-2)11-12-9-16(19)20-15-10-13(17)6-7-14(12)15/h6-7,9-10H,3-5,8,11H2,1-2H3. The fourth-order valence-electron chi connectivity index (χ4n) is 2.31. The van der Waals surface area contributed by atoms with Crippen LogP contribution in [0.5, 0.6) is 0 Å². The second kappa shape index (κ2) is 7.04. The Morgan fingerprint density at radius 2 is 2.05 bits per heavy atom. The van der Waals surface area contributed by atoms with E-state index in [1.54, 1.807) is 6.07 Å². The molecule has 3 nitrogen and oxygen atoms in total. The summed E-state index contributed by atoms with van der Waals surface area (Å²) in [5, 5.41) is 1.02. The molecule has 0 spiro atoms. The third-order valence-electron chi connectivity index (χ3n) is 3.46. The van der Waals surface area contributed by atoms with Crippen LogP contribution in [0.1, 0.15) is 32.3 Å². The van der Waals surface area contributed by atoms with Gasteiger partial charge in [-0.15, -0.1) is 0 Å². The average Bonchev–Trinajstić information content (AvgIpc) is 2.42. The monoisotopic (exact) mass is 337 g/mol. The SMILES string of the molecule is CCCCN(CC)Cc1cc(=O)oc2cc(Br)ccc12. The van der Waals surface area contributed by atoms with E-state index in [0.29, 0.717) is 5.58 Å². The molecule has 0 unspecified atom stereocenters. The molecular formula is C16H20BrNO2. The van der Waals surface area contributed by atoms with E-state index >= 15 is 0 Å². The van der Waals surface area contributed by atoms with Crippen molar-refractivity contribution in [1.82, 2.24) is 4.90 Å². The van der Waals surface area contributed by atoms with E-state index in [0.717, 1.165) is 35.1 Å². The van der Waals surface area contributed by atoms with Crippen LogP contribution in [0.25, 0.3) is 11.0 Å². The Labute approximate surface area is 127 Å². The van der Waals surface area contributed by atoms with Crippen molar-refractivity contribution < 1.29 is 4.42 Å². The molecule has 4 heteroatoms. The van der Waals surface area contributed by atoms with Gasteiger partial charge in [0.25, 0.3) is 0 Å². The number of rotatable bonds is 6. The van der Waals surface area contributed by atoms with Crippen molar-refractivity contribution in [3.63, 3.8) is 0 Å². The van der Waals surface area contributed by atoms with E-state index in [4.69, 9.17) is 4.42 Å². The van der Waals surface area contributed by atoms with E-state index in [2.05, 4.69) is 34.7 Å². The zero-order valence-corrected chi connectivity index (χ0v) is 13.6. The number of fused-ring (bicyclic) bond motifs is 1. The molecule has 0 radical (unpaired) electrons. The minimum Gasteiger partial charge on any atom is -0.423 e. The summed E-state index contributed by atoms with van der Waals surface area (Å²) in [4.78, 5) is 14.1. The molecule has 20 heavy (non-hydrogen) atoms. The van der Waals surface area contributed by atoms with Gasteiger partial charge in [-0.3, -0.25) is 4.90 Å². The summed E-state index contributed by atoms with van der Waals surface area (Å²) in [6.07, 6.45) is 2.36. The molecule has 2 rings (SSSR count). The zero-order valence-electron chi connectivity index (χ0n) is 12.0. The van der Waals surface area contributed by atoms with Crippen molar-refractivity contribution in [1.29, 1.82) is 0 Å². The lowest BCUT2D eigenvalue weighted by Crippen LogP contribution is -2.24. The molecular weight excluding hydrogens is 318 g/mol. The molecule has 0 bridgehead atoms. The first-order valence-corrected chi connectivity index (χ1v) is 7.88. The first-order chi connectivity index (χ1) is 9.63. The Hall–Kier alpha value is -1.13. The Morgan fingerprint density at radius 3 is 2.75 bits per heavy atom. The third kappa shape index (κ3) is 3.70. The number of halogens is 1. The second-order valence-corrected chi connectivity index (χ2v) is 5.87. The molecule has 0 aliphatic rings. The van der Waals surface area contributed by atoms with Crippen molar-refractivity contribution in [2.45, 2.75) is 33.2 Å². The minimum atomic E-state index is -0.280. The molecule has 1 heterocycles. The Bertz CT molecular complexity index is 636. The van der Waals surface area contributed by atoms with Crippen molar-refractivity contribution in [2.24, 2.45) is 0 Å². The molecule has 2 aromatic rings. The Balaban J connectivity index is 2.35. The number of hydrogen-bond acceptors (Lipinski definition) is 3. The smallest absolute Gasteiger partial charge is 0.336 e. The van der Waals surface area contributed by atoms with E-state index < -0.39 is 0 Å². The molecule has 0 saturated heterocycles. The van der Waals surface area contributed by atoms with Gasteiger partial charge in [0.15, 0.2) is 0 Å². The predicted octanol–water partition coefficient (Wildman–Crippen LogP) is 4.18. The van der Waals surface area contributed by atoms with E-state index in [9.17, 15) is 4.79 Å². The fraction of sp³-hybridized carbons (Fsp3) is 0.438. The van der Waals surface area contributed by atoms with Gasteiger partial charge >= 0.3 is 5.63 Å². The summed E-state index contributed by atoms with van der Waals surface area (Å²) >= 11 is 3.41. The molecule has 1 aromatic heterocycles. The number of benzene rings is 1. The molecule has 0 aliphatic heterocycles. The molecule has 0 saturated carbocycles. The quantitative estimate of drug-likeness (QED) is 0.741. The van der Waals surface area contributed by atoms with Gasteiger partial charge in [-0.25, -0.2) is 4.79 Å². The highest BCUT2D eigenvalue weighted by atomic mass is 79.9. The van der Waals surface area contributed by atoms with Gasteiger partial charge in [-0.2, -0.15) is 0 Å². The normalized spacial score (nSPS) is 11.4. The van der Waals surface area contributed by atoms with Gasteiger partial charge in [0.2, 0.25) is 0 Å². The van der Waals surface area contributed by atoms with Crippen LogP contribution >= 0.6 is 15.9 Å². The van der Waals surface area contributed by atoms with Crippen molar-refractivity contribution in [3.8, 4) is 0 Å². The van der Waals surface area contributed by atoms with E-state index in [1.165, 1.54) is 12.8 Å². The van der Waals surface area contributed by atoms with Crippen molar-refractivity contribution in [3.05, 3.63) is 44.7 Å². The molecule has 0 atom stereocenters. The summed E-state index contributed by atoms with van der Waals surface area (Å²) < 4.78 is 6.20. The average molecular weight is 338 g/mol. The summed E-state index contributed by atoms with van der Waals surface area (Å²) in [6, 6.07) is 7.45. The first-order valence-electron chi connectivity index (χ1n) is 7.08. The van der Waals surface area contributed by atoms with Gasteiger partial charge in [0.1, 0.15) is 5.58 Å². The first kappa shape index (κ1) is 15.3. The van der Waals surface area contributed by atoms with Crippen molar-refractivity contribution in [2.75, 3.05) is 13.1 Å². The summed E-state index contributed by atoms with van der Waals surface area (Å²) in [6.45, 7) is 7.18. The summed E-state index contributed by atoms with van der Waals surface area (Å²) in [5.41, 5.74) is 1.41. The van der Waals surface area contributed by atoms with Gasteiger partial charge < -0.3 is 4.42 Å². The highest BCUT2D eigenvalue weighted by molar-refractivity contribution is 9.10. The maximum Gasteiger partial charge on any atom is 0.336 e. The van der Waals surface area contributed by atoms with Gasteiger partial charge in [-0.05, 0) is 43.3 Å². The maximum absolute atomic E-state index is 11.7. The van der Waals surface area contributed by atoms with E-state index in [-0.39, 0.29) is 5.63 Å². The van der Waals surface area contributed by atoms with Crippen molar-refractivity contribution >= 4 is 26.9 Å². The zero-order chi connectivity index (χ0) is 14.5. The Morgan fingerprint density at radius 1 is 1.25 bits per heavy atom. The molecule has 0 fully saturated rings. The van der Waals surface area contributed by atoms with Gasteiger partial charge in [0, 0.05) is 22.5 Å². The van der Waals surface area contributed by atoms with Gasteiger partial charge in [-0.1, -0.05) is 36.2 Å². The van der Waals surface area contributed by atoms with E-state index in [1.807, 2.05) is 18.2 Å².